The van der Waals surface area contributed by atoms with Crippen molar-refractivity contribution in [3.63, 3.8) is 0 Å². The second-order valence-electron chi connectivity index (χ2n) is 9.10. The second kappa shape index (κ2) is 15.9. The first-order chi connectivity index (χ1) is 12.7. The van der Waals surface area contributed by atoms with Crippen LogP contribution in [-0.4, -0.2) is 25.2 Å². The fourth-order valence-electron chi connectivity index (χ4n) is 3.27. The Labute approximate surface area is 167 Å². The Kier molecular flexibility index (Phi) is 15.3. The molecule has 0 aliphatic heterocycles. The molecule has 160 valence electrons. The van der Waals surface area contributed by atoms with Gasteiger partial charge < -0.3 is 9.47 Å². The molecule has 0 aromatic heterocycles. The van der Waals surface area contributed by atoms with Crippen molar-refractivity contribution in [2.75, 3.05) is 13.2 Å². The lowest BCUT2D eigenvalue weighted by Gasteiger charge is -2.22. The maximum Gasteiger partial charge on any atom is 0.305 e. The summed E-state index contributed by atoms with van der Waals surface area (Å²) in [5.41, 5.74) is 0.259. The van der Waals surface area contributed by atoms with Gasteiger partial charge in [-0.1, -0.05) is 73.1 Å². The van der Waals surface area contributed by atoms with E-state index in [2.05, 4.69) is 34.6 Å². The van der Waals surface area contributed by atoms with Crippen LogP contribution in [0.4, 0.5) is 0 Å². The van der Waals surface area contributed by atoms with Gasteiger partial charge in [0.15, 0.2) is 0 Å². The number of rotatable bonds is 16. The fraction of sp³-hybridized carbons (Fsp3) is 0.913. The van der Waals surface area contributed by atoms with Crippen molar-refractivity contribution in [1.29, 1.82) is 0 Å². The Morgan fingerprint density at radius 2 is 1.30 bits per heavy atom. The fourth-order valence-corrected chi connectivity index (χ4v) is 3.27. The molecule has 27 heavy (non-hydrogen) atoms. The first-order valence-electron chi connectivity index (χ1n) is 11.1. The largest absolute Gasteiger partial charge is 0.466 e. The van der Waals surface area contributed by atoms with Crippen LogP contribution in [0.1, 0.15) is 112 Å². The molecular weight excluding hydrogens is 340 g/mol. The number of carbonyl (C=O) groups excluding carboxylic acids is 2. The Morgan fingerprint density at radius 1 is 0.778 bits per heavy atom. The first-order valence-corrected chi connectivity index (χ1v) is 11.1. The summed E-state index contributed by atoms with van der Waals surface area (Å²) >= 11 is 0. The summed E-state index contributed by atoms with van der Waals surface area (Å²) in [4.78, 5) is 23.4. The summed E-state index contributed by atoms with van der Waals surface area (Å²) < 4.78 is 10.6. The molecule has 0 aromatic rings. The zero-order chi connectivity index (χ0) is 20.5. The highest BCUT2D eigenvalue weighted by atomic mass is 16.5. The van der Waals surface area contributed by atoms with Crippen molar-refractivity contribution in [3.8, 4) is 0 Å². The molecular formula is C23H44O4. The monoisotopic (exact) mass is 384 g/mol. The highest BCUT2D eigenvalue weighted by Crippen LogP contribution is 2.24. The standard InChI is InChI=1S/C23H44O4/c1-6-7-8-9-10-14-17-26-21(24)15-12-11-13-16-22(25)27-19-20(2)18-23(3,4)5/h20H,6-19H2,1-5H3. The summed E-state index contributed by atoms with van der Waals surface area (Å²) in [6.07, 6.45) is 11.5. The summed E-state index contributed by atoms with van der Waals surface area (Å²) in [6, 6.07) is 0. The molecule has 0 radical (unpaired) electrons. The third kappa shape index (κ3) is 19.5. The van der Waals surface area contributed by atoms with Gasteiger partial charge in [-0.3, -0.25) is 9.59 Å². The van der Waals surface area contributed by atoms with E-state index < -0.39 is 0 Å². The summed E-state index contributed by atoms with van der Waals surface area (Å²) in [5, 5.41) is 0. The van der Waals surface area contributed by atoms with E-state index in [0.29, 0.717) is 32.0 Å². The molecule has 0 aliphatic rings. The van der Waals surface area contributed by atoms with Crippen LogP contribution in [-0.2, 0) is 19.1 Å². The van der Waals surface area contributed by atoms with Crippen molar-refractivity contribution in [3.05, 3.63) is 0 Å². The molecule has 0 bridgehead atoms. The van der Waals surface area contributed by atoms with E-state index in [0.717, 1.165) is 38.5 Å². The summed E-state index contributed by atoms with van der Waals surface area (Å²) in [5.74, 6) is 0.152. The molecule has 0 saturated carbocycles. The van der Waals surface area contributed by atoms with Crippen molar-refractivity contribution in [2.45, 2.75) is 112 Å². The van der Waals surface area contributed by atoms with Crippen LogP contribution in [0.25, 0.3) is 0 Å². The van der Waals surface area contributed by atoms with Crippen LogP contribution in [0, 0.1) is 11.3 Å². The van der Waals surface area contributed by atoms with Crippen LogP contribution in [0.3, 0.4) is 0 Å². The average molecular weight is 385 g/mol. The van der Waals surface area contributed by atoms with E-state index in [4.69, 9.17) is 9.47 Å². The van der Waals surface area contributed by atoms with Gasteiger partial charge in [-0.05, 0) is 37.0 Å². The average Bonchev–Trinajstić information content (AvgIpc) is 2.57. The van der Waals surface area contributed by atoms with Gasteiger partial charge in [0.05, 0.1) is 13.2 Å². The number of ether oxygens (including phenoxy) is 2. The van der Waals surface area contributed by atoms with E-state index in [-0.39, 0.29) is 17.4 Å². The molecule has 0 N–H and O–H groups in total. The van der Waals surface area contributed by atoms with E-state index in [1.807, 2.05) is 0 Å². The summed E-state index contributed by atoms with van der Waals surface area (Å²) in [6.45, 7) is 12.0. The second-order valence-corrected chi connectivity index (χ2v) is 9.10. The third-order valence-corrected chi connectivity index (χ3v) is 4.51. The zero-order valence-electron chi connectivity index (χ0n) is 18.6. The minimum atomic E-state index is -0.124. The predicted octanol–water partition coefficient (Wildman–Crippen LogP) is 6.46. The number of unbranched alkanes of at least 4 members (excludes halogenated alkanes) is 7. The number of hydrogen-bond donors (Lipinski definition) is 0. The van der Waals surface area contributed by atoms with Crippen LogP contribution >= 0.6 is 0 Å². The zero-order valence-corrected chi connectivity index (χ0v) is 18.6. The van der Waals surface area contributed by atoms with E-state index in [9.17, 15) is 9.59 Å². The molecule has 0 fully saturated rings. The van der Waals surface area contributed by atoms with Gasteiger partial charge in [0.2, 0.25) is 0 Å². The lowest BCUT2D eigenvalue weighted by Crippen LogP contribution is -2.17. The first kappa shape index (κ1) is 25.9. The van der Waals surface area contributed by atoms with E-state index in [1.54, 1.807) is 0 Å². The van der Waals surface area contributed by atoms with Crippen molar-refractivity contribution in [2.24, 2.45) is 11.3 Å². The number of esters is 2. The van der Waals surface area contributed by atoms with Crippen LogP contribution < -0.4 is 0 Å². The van der Waals surface area contributed by atoms with Crippen molar-refractivity contribution >= 4 is 11.9 Å². The van der Waals surface area contributed by atoms with Gasteiger partial charge in [-0.2, -0.15) is 0 Å². The van der Waals surface area contributed by atoms with Crippen molar-refractivity contribution in [1.82, 2.24) is 0 Å². The molecule has 0 aromatic carbocycles. The Bertz CT molecular complexity index is 384. The van der Waals surface area contributed by atoms with Gasteiger partial charge in [0.25, 0.3) is 0 Å². The molecule has 0 heterocycles. The highest BCUT2D eigenvalue weighted by molar-refractivity contribution is 5.69. The Morgan fingerprint density at radius 3 is 1.89 bits per heavy atom. The minimum absolute atomic E-state index is 0.109. The smallest absolute Gasteiger partial charge is 0.305 e. The van der Waals surface area contributed by atoms with Gasteiger partial charge in [0, 0.05) is 12.8 Å². The Hall–Kier alpha value is -1.06. The minimum Gasteiger partial charge on any atom is -0.466 e. The lowest BCUT2D eigenvalue weighted by molar-refractivity contribution is -0.145. The van der Waals surface area contributed by atoms with Crippen LogP contribution in [0.2, 0.25) is 0 Å². The van der Waals surface area contributed by atoms with Crippen LogP contribution in [0.15, 0.2) is 0 Å². The molecule has 1 atom stereocenters. The molecule has 0 spiro atoms. The van der Waals surface area contributed by atoms with E-state index in [1.165, 1.54) is 25.7 Å². The maximum absolute atomic E-state index is 11.8. The number of hydrogen-bond acceptors (Lipinski definition) is 4. The molecule has 1 unspecified atom stereocenters. The van der Waals surface area contributed by atoms with Gasteiger partial charge >= 0.3 is 11.9 Å². The van der Waals surface area contributed by atoms with Gasteiger partial charge in [0.1, 0.15) is 0 Å². The van der Waals surface area contributed by atoms with Crippen LogP contribution in [0.5, 0.6) is 0 Å². The van der Waals surface area contributed by atoms with Gasteiger partial charge in [-0.25, -0.2) is 0 Å². The summed E-state index contributed by atoms with van der Waals surface area (Å²) in [7, 11) is 0. The number of carbonyl (C=O) groups is 2. The molecule has 4 heteroatoms. The molecule has 0 aliphatic carbocycles. The normalized spacial score (nSPS) is 12.6. The molecule has 0 amide bonds. The predicted molar refractivity (Wildman–Crippen MR) is 112 cm³/mol. The molecule has 0 saturated heterocycles. The quantitative estimate of drug-likeness (QED) is 0.226. The van der Waals surface area contributed by atoms with Crippen molar-refractivity contribution < 1.29 is 19.1 Å². The topological polar surface area (TPSA) is 52.6 Å². The van der Waals surface area contributed by atoms with E-state index >= 15 is 0 Å². The van der Waals surface area contributed by atoms with Gasteiger partial charge in [-0.15, -0.1) is 0 Å². The third-order valence-electron chi connectivity index (χ3n) is 4.51. The Balaban J connectivity index is 3.48. The maximum atomic E-state index is 11.8. The lowest BCUT2D eigenvalue weighted by atomic mass is 9.86. The molecule has 4 nitrogen and oxygen atoms in total. The molecule has 0 rings (SSSR count). The highest BCUT2D eigenvalue weighted by Gasteiger charge is 2.16. The SMILES string of the molecule is CCCCCCCCOC(=O)CCCCCC(=O)OCC(C)CC(C)(C)C.